The monoisotopic (exact) mass is 276 g/mol. The van der Waals surface area contributed by atoms with Crippen LogP contribution in [0.3, 0.4) is 0 Å². The van der Waals surface area contributed by atoms with Crippen molar-refractivity contribution in [2.75, 3.05) is 0 Å². The average Bonchev–Trinajstić information content (AvgIpc) is 2.41. The van der Waals surface area contributed by atoms with E-state index in [1.54, 1.807) is 32.0 Å². The fourth-order valence-corrected chi connectivity index (χ4v) is 1.70. The Labute approximate surface area is 115 Å². The Morgan fingerprint density at radius 3 is 2.65 bits per heavy atom. The highest BCUT2D eigenvalue weighted by Crippen LogP contribution is 2.21. The number of hydrogen-bond acceptors (Lipinski definition) is 4. The fraction of sp³-hybridized carbons (Fsp3) is 0.214. The van der Waals surface area contributed by atoms with Crippen LogP contribution in [0.25, 0.3) is 0 Å². The van der Waals surface area contributed by atoms with E-state index in [9.17, 15) is 14.3 Å². The number of hydrogen-bond donors (Lipinski definition) is 1. The predicted octanol–water partition coefficient (Wildman–Crippen LogP) is 2.51. The molecule has 6 heteroatoms. The Morgan fingerprint density at radius 1 is 1.30 bits per heavy atom. The first-order valence-electron chi connectivity index (χ1n) is 5.94. The summed E-state index contributed by atoms with van der Waals surface area (Å²) in [6.07, 6.45) is 0. The largest absolute Gasteiger partial charge is 0.477 e. The number of rotatable bonds is 4. The van der Waals surface area contributed by atoms with Gasteiger partial charge in [0.05, 0.1) is 5.69 Å². The predicted molar refractivity (Wildman–Crippen MR) is 69.2 cm³/mol. The molecule has 0 saturated carbocycles. The normalized spacial score (nSPS) is 10.3. The van der Waals surface area contributed by atoms with Gasteiger partial charge in [-0.05, 0) is 25.5 Å². The number of carboxylic acid groups (broad SMARTS) is 1. The zero-order valence-corrected chi connectivity index (χ0v) is 11.1. The summed E-state index contributed by atoms with van der Waals surface area (Å²) in [4.78, 5) is 11.3. The van der Waals surface area contributed by atoms with Crippen molar-refractivity contribution in [1.82, 2.24) is 10.2 Å². The van der Waals surface area contributed by atoms with Crippen LogP contribution < -0.4 is 4.74 Å². The first-order chi connectivity index (χ1) is 9.50. The molecule has 0 aliphatic heterocycles. The van der Waals surface area contributed by atoms with Crippen molar-refractivity contribution in [3.05, 3.63) is 52.5 Å². The van der Waals surface area contributed by atoms with Crippen LogP contribution in [0.1, 0.15) is 27.2 Å². The van der Waals surface area contributed by atoms with Crippen LogP contribution in [0, 0.1) is 19.7 Å². The molecule has 2 aromatic rings. The lowest BCUT2D eigenvalue weighted by Gasteiger charge is -2.10. The molecule has 2 rings (SSSR count). The third-order valence-electron chi connectivity index (χ3n) is 2.96. The summed E-state index contributed by atoms with van der Waals surface area (Å²) < 4.78 is 18.8. The van der Waals surface area contributed by atoms with Gasteiger partial charge < -0.3 is 9.84 Å². The molecule has 5 nitrogen and oxygen atoms in total. The lowest BCUT2D eigenvalue weighted by atomic mass is 10.1. The number of halogens is 1. The van der Waals surface area contributed by atoms with Crippen molar-refractivity contribution in [3.63, 3.8) is 0 Å². The molecule has 0 saturated heterocycles. The molecule has 0 spiro atoms. The van der Waals surface area contributed by atoms with Gasteiger partial charge in [0.15, 0.2) is 0 Å². The fourth-order valence-electron chi connectivity index (χ4n) is 1.70. The molecule has 0 fully saturated rings. The van der Waals surface area contributed by atoms with Crippen LogP contribution in [0.4, 0.5) is 4.39 Å². The summed E-state index contributed by atoms with van der Waals surface area (Å²) in [5, 5.41) is 16.8. The topological polar surface area (TPSA) is 72.3 Å². The zero-order chi connectivity index (χ0) is 14.7. The first kappa shape index (κ1) is 13.9. The molecule has 20 heavy (non-hydrogen) atoms. The van der Waals surface area contributed by atoms with Crippen LogP contribution in [0.15, 0.2) is 24.3 Å². The minimum absolute atomic E-state index is 0.0474. The van der Waals surface area contributed by atoms with Crippen LogP contribution in [-0.2, 0) is 6.61 Å². The standard InChI is InChI=1S/C14H13FN2O3/c1-8-9(2)16-17-13(12(8)14(18)19)20-7-10-5-3-4-6-11(10)15/h3-6H,7H2,1-2H3,(H,18,19). The Bertz CT molecular complexity index is 659. The van der Waals surface area contributed by atoms with Crippen LogP contribution in [0.2, 0.25) is 0 Å². The van der Waals surface area contributed by atoms with Crippen molar-refractivity contribution in [3.8, 4) is 5.88 Å². The van der Waals surface area contributed by atoms with Gasteiger partial charge in [0.2, 0.25) is 5.88 Å². The molecule has 104 valence electrons. The second-order valence-electron chi connectivity index (χ2n) is 4.28. The van der Waals surface area contributed by atoms with Gasteiger partial charge in [-0.2, -0.15) is 5.10 Å². The molecule has 0 unspecified atom stereocenters. The van der Waals surface area contributed by atoms with Crippen molar-refractivity contribution >= 4 is 5.97 Å². The zero-order valence-electron chi connectivity index (χ0n) is 11.1. The molecule has 0 radical (unpaired) electrons. The van der Waals surface area contributed by atoms with Gasteiger partial charge in [-0.1, -0.05) is 18.2 Å². The number of ether oxygens (including phenoxy) is 1. The van der Waals surface area contributed by atoms with E-state index in [0.29, 0.717) is 16.8 Å². The van der Waals surface area contributed by atoms with E-state index in [4.69, 9.17) is 4.74 Å². The van der Waals surface area contributed by atoms with E-state index in [2.05, 4.69) is 10.2 Å². The molecular weight excluding hydrogens is 263 g/mol. The summed E-state index contributed by atoms with van der Waals surface area (Å²) in [5.41, 5.74) is 1.27. The third kappa shape index (κ3) is 2.74. The highest BCUT2D eigenvalue weighted by atomic mass is 19.1. The molecule has 1 aromatic carbocycles. The SMILES string of the molecule is Cc1nnc(OCc2ccccc2F)c(C(=O)O)c1C. The van der Waals surface area contributed by atoms with Gasteiger partial charge >= 0.3 is 5.97 Å². The maximum Gasteiger partial charge on any atom is 0.341 e. The molecule has 1 aromatic heterocycles. The maximum absolute atomic E-state index is 13.5. The summed E-state index contributed by atoms with van der Waals surface area (Å²) >= 11 is 0. The highest BCUT2D eigenvalue weighted by Gasteiger charge is 2.19. The molecular formula is C14H13FN2O3. The number of aromatic carboxylic acids is 1. The van der Waals surface area contributed by atoms with Crippen molar-refractivity contribution in [2.45, 2.75) is 20.5 Å². The number of aryl methyl sites for hydroxylation is 1. The molecule has 0 aliphatic rings. The molecule has 0 aliphatic carbocycles. The molecule has 0 amide bonds. The smallest absolute Gasteiger partial charge is 0.341 e. The number of carbonyl (C=O) groups is 1. The third-order valence-corrected chi connectivity index (χ3v) is 2.96. The quantitative estimate of drug-likeness (QED) is 0.928. The summed E-state index contributed by atoms with van der Waals surface area (Å²) in [5.74, 6) is -1.67. The van der Waals surface area contributed by atoms with Gasteiger partial charge in [0, 0.05) is 5.56 Å². The van der Waals surface area contributed by atoms with E-state index < -0.39 is 11.8 Å². The average molecular weight is 276 g/mol. The van der Waals surface area contributed by atoms with E-state index >= 15 is 0 Å². The lowest BCUT2D eigenvalue weighted by Crippen LogP contribution is -2.11. The van der Waals surface area contributed by atoms with E-state index in [1.165, 1.54) is 6.07 Å². The van der Waals surface area contributed by atoms with E-state index in [0.717, 1.165) is 0 Å². The van der Waals surface area contributed by atoms with Crippen LogP contribution in [0.5, 0.6) is 5.88 Å². The van der Waals surface area contributed by atoms with Crippen molar-refractivity contribution in [2.24, 2.45) is 0 Å². The minimum Gasteiger partial charge on any atom is -0.477 e. The summed E-state index contributed by atoms with van der Waals surface area (Å²) in [7, 11) is 0. The number of nitrogens with zero attached hydrogens (tertiary/aromatic N) is 2. The Kier molecular flexibility index (Phi) is 3.93. The van der Waals surface area contributed by atoms with Crippen LogP contribution in [-0.4, -0.2) is 21.3 Å². The Hall–Kier alpha value is -2.50. The van der Waals surface area contributed by atoms with E-state index in [-0.39, 0.29) is 18.1 Å². The number of benzene rings is 1. The maximum atomic E-state index is 13.5. The second kappa shape index (κ2) is 5.64. The highest BCUT2D eigenvalue weighted by molar-refractivity contribution is 5.91. The minimum atomic E-state index is -1.15. The lowest BCUT2D eigenvalue weighted by molar-refractivity contribution is 0.0689. The van der Waals surface area contributed by atoms with Crippen molar-refractivity contribution < 1.29 is 19.0 Å². The van der Waals surface area contributed by atoms with Crippen molar-refractivity contribution in [1.29, 1.82) is 0 Å². The first-order valence-corrected chi connectivity index (χ1v) is 5.94. The van der Waals surface area contributed by atoms with Gasteiger partial charge in [-0.3, -0.25) is 0 Å². The molecule has 0 atom stereocenters. The van der Waals surface area contributed by atoms with Crippen LogP contribution >= 0.6 is 0 Å². The summed E-state index contributed by atoms with van der Waals surface area (Å²) in [6.45, 7) is 3.18. The van der Waals surface area contributed by atoms with E-state index in [1.807, 2.05) is 0 Å². The van der Waals surface area contributed by atoms with Gasteiger partial charge in [-0.25, -0.2) is 9.18 Å². The van der Waals surface area contributed by atoms with Gasteiger partial charge in [-0.15, -0.1) is 5.10 Å². The van der Waals surface area contributed by atoms with Gasteiger partial charge in [0.1, 0.15) is 18.0 Å². The second-order valence-corrected chi connectivity index (χ2v) is 4.28. The number of aromatic nitrogens is 2. The summed E-state index contributed by atoms with van der Waals surface area (Å²) in [6, 6.07) is 6.11. The Morgan fingerprint density at radius 2 is 2.00 bits per heavy atom. The van der Waals surface area contributed by atoms with Gasteiger partial charge in [0.25, 0.3) is 0 Å². The molecule has 1 N–H and O–H groups in total. The molecule has 1 heterocycles. The number of carboxylic acids is 1. The molecule has 0 bridgehead atoms. The Balaban J connectivity index is 2.29.